The van der Waals surface area contributed by atoms with Crippen molar-refractivity contribution in [2.45, 2.75) is 6.42 Å². The molecule has 5 nitrogen and oxygen atoms in total. The molecule has 0 saturated heterocycles. The summed E-state index contributed by atoms with van der Waals surface area (Å²) in [5.74, 6) is -0.399. The Morgan fingerprint density at radius 1 is 1.47 bits per heavy atom. The van der Waals surface area contributed by atoms with E-state index in [-0.39, 0.29) is 0 Å². The van der Waals surface area contributed by atoms with Crippen molar-refractivity contribution in [3.05, 3.63) is 34.3 Å². The van der Waals surface area contributed by atoms with E-state index in [4.69, 9.17) is 4.42 Å². The Hall–Kier alpha value is -1.59. The molecule has 1 aromatic carbocycles. The first-order valence-corrected chi connectivity index (χ1v) is 5.64. The number of hydrogen-bond acceptors (Lipinski definition) is 4. The van der Waals surface area contributed by atoms with Crippen molar-refractivity contribution in [2.75, 3.05) is 27.3 Å². The standard InChI is InChI=1S/C12H17N3O2/c1-13-8-15(2)6-5-9-3-4-11-10(7-9)14-12(16)17-11/h3-4,7,13H,5-6,8H2,1-2H3,(H,14,16). The number of nitrogens with one attached hydrogen (secondary N) is 2. The highest BCUT2D eigenvalue weighted by Crippen LogP contribution is 2.12. The van der Waals surface area contributed by atoms with Gasteiger partial charge in [-0.25, -0.2) is 4.79 Å². The molecule has 0 fully saturated rings. The number of benzene rings is 1. The van der Waals surface area contributed by atoms with Gasteiger partial charge in [-0.3, -0.25) is 9.88 Å². The van der Waals surface area contributed by atoms with Crippen LogP contribution < -0.4 is 11.1 Å². The van der Waals surface area contributed by atoms with Crippen LogP contribution in [0, 0.1) is 0 Å². The first-order chi connectivity index (χ1) is 8.19. The number of nitrogens with zero attached hydrogens (tertiary/aromatic N) is 1. The van der Waals surface area contributed by atoms with Gasteiger partial charge in [0.25, 0.3) is 0 Å². The van der Waals surface area contributed by atoms with Crippen LogP contribution in [0.5, 0.6) is 0 Å². The van der Waals surface area contributed by atoms with Gasteiger partial charge in [-0.1, -0.05) is 6.07 Å². The summed E-state index contributed by atoms with van der Waals surface area (Å²) in [5.41, 5.74) is 2.57. The molecule has 2 N–H and O–H groups in total. The summed E-state index contributed by atoms with van der Waals surface area (Å²) in [5, 5.41) is 3.10. The van der Waals surface area contributed by atoms with Crippen LogP contribution in [-0.2, 0) is 6.42 Å². The van der Waals surface area contributed by atoms with E-state index in [1.165, 1.54) is 5.56 Å². The van der Waals surface area contributed by atoms with Crippen LogP contribution in [0.3, 0.4) is 0 Å². The third-order valence-corrected chi connectivity index (χ3v) is 2.69. The Kier molecular flexibility index (Phi) is 3.61. The van der Waals surface area contributed by atoms with Gasteiger partial charge in [-0.2, -0.15) is 0 Å². The number of rotatable bonds is 5. The van der Waals surface area contributed by atoms with Gasteiger partial charge in [0.1, 0.15) is 0 Å². The first-order valence-electron chi connectivity index (χ1n) is 5.64. The Bertz CT molecular complexity index is 544. The zero-order chi connectivity index (χ0) is 12.3. The zero-order valence-corrected chi connectivity index (χ0v) is 10.1. The third kappa shape index (κ3) is 2.95. The molecule has 0 aliphatic rings. The average Bonchev–Trinajstić information content (AvgIpc) is 2.66. The van der Waals surface area contributed by atoms with Crippen LogP contribution in [-0.4, -0.2) is 37.2 Å². The van der Waals surface area contributed by atoms with Crippen molar-refractivity contribution >= 4 is 11.1 Å². The fourth-order valence-electron chi connectivity index (χ4n) is 1.82. The maximum Gasteiger partial charge on any atom is 0.417 e. The van der Waals surface area contributed by atoms with Crippen LogP contribution in [0.2, 0.25) is 0 Å². The lowest BCUT2D eigenvalue weighted by Gasteiger charge is -2.15. The lowest BCUT2D eigenvalue weighted by Crippen LogP contribution is -2.30. The second kappa shape index (κ2) is 5.16. The molecule has 1 heterocycles. The second-order valence-electron chi connectivity index (χ2n) is 4.19. The van der Waals surface area contributed by atoms with E-state index in [2.05, 4.69) is 22.2 Å². The van der Waals surface area contributed by atoms with Gasteiger partial charge in [0, 0.05) is 13.2 Å². The van der Waals surface area contributed by atoms with Gasteiger partial charge in [0.05, 0.1) is 5.52 Å². The summed E-state index contributed by atoms with van der Waals surface area (Å²) in [6, 6.07) is 5.79. The molecule has 0 atom stereocenters. The largest absolute Gasteiger partial charge is 0.417 e. The van der Waals surface area contributed by atoms with Crippen molar-refractivity contribution in [1.82, 2.24) is 15.2 Å². The molecule has 0 unspecified atom stereocenters. The Labute approximate surface area is 99.4 Å². The van der Waals surface area contributed by atoms with Crippen molar-refractivity contribution in [1.29, 1.82) is 0 Å². The second-order valence-corrected chi connectivity index (χ2v) is 4.19. The normalized spacial score (nSPS) is 11.5. The molecule has 0 spiro atoms. The number of hydrogen-bond donors (Lipinski definition) is 2. The zero-order valence-electron chi connectivity index (χ0n) is 10.1. The number of aromatic nitrogens is 1. The molecule has 0 saturated carbocycles. The number of fused-ring (bicyclic) bond motifs is 1. The minimum absolute atomic E-state index is 0.399. The lowest BCUT2D eigenvalue weighted by molar-refractivity contribution is 0.321. The molecule has 0 radical (unpaired) electrons. The summed E-state index contributed by atoms with van der Waals surface area (Å²) in [6.45, 7) is 1.83. The molecule has 5 heteroatoms. The van der Waals surface area contributed by atoms with Gasteiger partial charge >= 0.3 is 5.76 Å². The maximum atomic E-state index is 11.0. The minimum atomic E-state index is -0.399. The van der Waals surface area contributed by atoms with E-state index in [1.807, 2.05) is 25.2 Å². The van der Waals surface area contributed by atoms with Crippen molar-refractivity contribution in [3.63, 3.8) is 0 Å². The average molecular weight is 235 g/mol. The smallest absolute Gasteiger partial charge is 0.408 e. The molecule has 17 heavy (non-hydrogen) atoms. The molecule has 0 bridgehead atoms. The Morgan fingerprint density at radius 2 is 2.29 bits per heavy atom. The molecule has 2 aromatic rings. The highest BCUT2D eigenvalue weighted by atomic mass is 16.4. The predicted molar refractivity (Wildman–Crippen MR) is 67.1 cm³/mol. The predicted octanol–water partition coefficient (Wildman–Crippen LogP) is 0.772. The van der Waals surface area contributed by atoms with Crippen LogP contribution >= 0.6 is 0 Å². The molecule has 0 amide bonds. The quantitative estimate of drug-likeness (QED) is 0.752. The molecule has 0 aliphatic heterocycles. The topological polar surface area (TPSA) is 61.3 Å². The molecule has 2 rings (SSSR count). The van der Waals surface area contributed by atoms with E-state index in [0.717, 1.165) is 25.2 Å². The Morgan fingerprint density at radius 3 is 3.06 bits per heavy atom. The van der Waals surface area contributed by atoms with Gasteiger partial charge < -0.3 is 9.73 Å². The summed E-state index contributed by atoms with van der Waals surface area (Å²) in [6.07, 6.45) is 0.946. The van der Waals surface area contributed by atoms with Gasteiger partial charge in [-0.05, 0) is 38.2 Å². The number of oxazole rings is 1. The maximum absolute atomic E-state index is 11.0. The monoisotopic (exact) mass is 235 g/mol. The van der Waals surface area contributed by atoms with Gasteiger partial charge in [-0.15, -0.1) is 0 Å². The summed E-state index contributed by atoms with van der Waals surface area (Å²) in [4.78, 5) is 15.9. The fourth-order valence-corrected chi connectivity index (χ4v) is 1.82. The van der Waals surface area contributed by atoms with Crippen LogP contribution in [0.25, 0.3) is 11.1 Å². The molecule has 92 valence electrons. The van der Waals surface area contributed by atoms with E-state index in [9.17, 15) is 4.79 Å². The van der Waals surface area contributed by atoms with E-state index in [1.54, 1.807) is 0 Å². The third-order valence-electron chi connectivity index (χ3n) is 2.69. The van der Waals surface area contributed by atoms with Crippen molar-refractivity contribution in [2.24, 2.45) is 0 Å². The number of H-pyrrole nitrogens is 1. The SMILES string of the molecule is CNCN(C)CCc1ccc2oc(=O)[nH]c2c1. The van der Waals surface area contributed by atoms with Gasteiger partial charge in [0.2, 0.25) is 0 Å². The molecule has 1 aromatic heterocycles. The highest BCUT2D eigenvalue weighted by Gasteiger charge is 2.03. The van der Waals surface area contributed by atoms with E-state index in [0.29, 0.717) is 5.58 Å². The summed E-state index contributed by atoms with van der Waals surface area (Å²) in [7, 11) is 3.99. The summed E-state index contributed by atoms with van der Waals surface area (Å²) >= 11 is 0. The van der Waals surface area contributed by atoms with Crippen LogP contribution in [0.1, 0.15) is 5.56 Å². The molecule has 0 aliphatic carbocycles. The first kappa shape index (κ1) is 11.9. The van der Waals surface area contributed by atoms with Crippen LogP contribution in [0.4, 0.5) is 0 Å². The number of aromatic amines is 1. The van der Waals surface area contributed by atoms with Crippen molar-refractivity contribution in [3.8, 4) is 0 Å². The highest BCUT2D eigenvalue weighted by molar-refractivity contribution is 5.72. The Balaban J connectivity index is 2.06. The lowest BCUT2D eigenvalue weighted by atomic mass is 10.1. The molecular weight excluding hydrogens is 218 g/mol. The van der Waals surface area contributed by atoms with E-state index >= 15 is 0 Å². The van der Waals surface area contributed by atoms with Gasteiger partial charge in [0.15, 0.2) is 5.58 Å². The number of likely N-dealkylation sites (N-methyl/N-ethyl adjacent to an activating group) is 1. The minimum Gasteiger partial charge on any atom is -0.408 e. The van der Waals surface area contributed by atoms with Crippen molar-refractivity contribution < 1.29 is 4.42 Å². The summed E-state index contributed by atoms with van der Waals surface area (Å²) < 4.78 is 4.96. The fraction of sp³-hybridized carbons (Fsp3) is 0.417. The van der Waals surface area contributed by atoms with E-state index < -0.39 is 5.76 Å². The van der Waals surface area contributed by atoms with Crippen LogP contribution in [0.15, 0.2) is 27.4 Å². The molecular formula is C12H17N3O2.